The van der Waals surface area contributed by atoms with E-state index in [0.29, 0.717) is 6.61 Å². The third-order valence-electron chi connectivity index (χ3n) is 2.92. The standard InChI is InChI=1S/C10H17IO7S/c1-12-4-15-8-7(18-19-11)6-3-14-10(17-6)9(8)16-5-13-2/h6-10H,3-5H2,1-2H3/t6-,7-,8+,9-,10?/m1/s1. The van der Waals surface area contributed by atoms with Gasteiger partial charge in [0.05, 0.1) is 15.8 Å². The molecule has 2 aliphatic heterocycles. The van der Waals surface area contributed by atoms with Crippen molar-refractivity contribution in [1.29, 1.82) is 0 Å². The third-order valence-corrected chi connectivity index (χ3v) is 3.84. The van der Waals surface area contributed by atoms with Crippen LogP contribution in [0.15, 0.2) is 0 Å². The molecular weight excluding hydrogens is 391 g/mol. The molecule has 1 unspecified atom stereocenters. The summed E-state index contributed by atoms with van der Waals surface area (Å²) in [5, 5.41) is 0. The number of rotatable bonds is 8. The van der Waals surface area contributed by atoms with E-state index in [1.54, 1.807) is 14.2 Å². The van der Waals surface area contributed by atoms with Crippen LogP contribution in [0.1, 0.15) is 0 Å². The Balaban J connectivity index is 2.06. The summed E-state index contributed by atoms with van der Waals surface area (Å²) in [6.45, 7) is 0.754. The molecule has 0 amide bonds. The molecule has 9 heteroatoms. The molecule has 2 saturated heterocycles. The van der Waals surface area contributed by atoms with Gasteiger partial charge in [-0.2, -0.15) is 0 Å². The molecule has 0 N–H and O–H groups in total. The van der Waals surface area contributed by atoms with Gasteiger partial charge >= 0.3 is 0 Å². The van der Waals surface area contributed by atoms with E-state index < -0.39 is 12.4 Å². The number of fused-ring (bicyclic) bond motifs is 2. The second kappa shape index (κ2) is 8.29. The van der Waals surface area contributed by atoms with Crippen molar-refractivity contribution in [3.8, 4) is 0 Å². The first-order valence-corrected chi connectivity index (χ1v) is 9.02. The zero-order chi connectivity index (χ0) is 13.7. The molecule has 5 atom stereocenters. The van der Waals surface area contributed by atoms with E-state index in [2.05, 4.69) is 21.2 Å². The highest BCUT2D eigenvalue weighted by atomic mass is 127. The maximum absolute atomic E-state index is 5.72. The molecule has 0 aromatic carbocycles. The Hall–Kier alpha value is 0.800. The Morgan fingerprint density at radius 2 is 1.79 bits per heavy atom. The number of hydrogen-bond acceptors (Lipinski definition) is 8. The maximum Gasteiger partial charge on any atom is 0.187 e. The molecule has 2 heterocycles. The number of hydrogen-bond donors (Lipinski definition) is 0. The molecule has 19 heavy (non-hydrogen) atoms. The number of ether oxygens (including phenoxy) is 6. The van der Waals surface area contributed by atoms with Gasteiger partial charge in [-0.25, -0.2) is 0 Å². The first-order chi connectivity index (χ1) is 9.31. The van der Waals surface area contributed by atoms with Gasteiger partial charge < -0.3 is 28.4 Å². The topological polar surface area (TPSA) is 64.6 Å². The normalized spacial score (nSPS) is 37.7. The van der Waals surface area contributed by atoms with E-state index in [-0.39, 0.29) is 31.9 Å². The van der Waals surface area contributed by atoms with Crippen LogP contribution in [-0.2, 0) is 32.6 Å². The molecule has 0 saturated carbocycles. The van der Waals surface area contributed by atoms with Crippen molar-refractivity contribution in [3.05, 3.63) is 0 Å². The maximum atomic E-state index is 5.72. The average Bonchev–Trinajstić information content (AvgIpc) is 2.85. The van der Waals surface area contributed by atoms with Gasteiger partial charge in [-0.05, 0) is 0 Å². The molecule has 0 aromatic rings. The Bertz CT molecular complexity index is 272. The monoisotopic (exact) mass is 408 g/mol. The summed E-state index contributed by atoms with van der Waals surface area (Å²) in [5.41, 5.74) is 0. The smallest absolute Gasteiger partial charge is 0.187 e. The van der Waals surface area contributed by atoms with Crippen LogP contribution in [-0.4, -0.2) is 65.1 Å². The minimum Gasteiger partial charge on any atom is -0.359 e. The van der Waals surface area contributed by atoms with Gasteiger partial charge in [0.25, 0.3) is 0 Å². The van der Waals surface area contributed by atoms with Gasteiger partial charge in [0, 0.05) is 35.4 Å². The van der Waals surface area contributed by atoms with Crippen LogP contribution in [0.2, 0.25) is 0 Å². The summed E-state index contributed by atoms with van der Waals surface area (Å²) in [7, 11) is 4.36. The molecule has 0 aromatic heterocycles. The Kier molecular flexibility index (Phi) is 7.06. The highest BCUT2D eigenvalue weighted by molar-refractivity contribution is 14.2. The fourth-order valence-electron chi connectivity index (χ4n) is 2.15. The number of methoxy groups -OCH3 is 2. The zero-order valence-corrected chi connectivity index (χ0v) is 13.6. The predicted octanol–water partition coefficient (Wildman–Crippen LogP) is 1.10. The third kappa shape index (κ3) is 3.92. The minimum atomic E-state index is -0.457. The Morgan fingerprint density at radius 1 is 1.11 bits per heavy atom. The summed E-state index contributed by atoms with van der Waals surface area (Å²) >= 11 is 2.06. The largest absolute Gasteiger partial charge is 0.359 e. The molecule has 112 valence electrons. The van der Waals surface area contributed by atoms with Crippen molar-refractivity contribution in [2.75, 3.05) is 34.4 Å². The SMILES string of the molecule is COCO[C@H]1[C@H](OSI)[C@H]2COC(O2)[C@@H]1OCOC. The van der Waals surface area contributed by atoms with Crippen molar-refractivity contribution in [1.82, 2.24) is 0 Å². The molecule has 2 bridgehead atoms. The second-order valence-corrected chi connectivity index (χ2v) is 5.47. The lowest BCUT2D eigenvalue weighted by Gasteiger charge is -2.39. The van der Waals surface area contributed by atoms with Gasteiger partial charge in [-0.15, -0.1) is 0 Å². The van der Waals surface area contributed by atoms with E-state index in [0.717, 1.165) is 0 Å². The van der Waals surface area contributed by atoms with Crippen LogP contribution >= 0.6 is 30.4 Å². The zero-order valence-electron chi connectivity index (χ0n) is 10.7. The molecule has 2 fully saturated rings. The van der Waals surface area contributed by atoms with Crippen LogP contribution in [0.3, 0.4) is 0 Å². The van der Waals surface area contributed by atoms with Crippen LogP contribution < -0.4 is 0 Å². The van der Waals surface area contributed by atoms with E-state index in [4.69, 9.17) is 32.6 Å². The highest BCUT2D eigenvalue weighted by Crippen LogP contribution is 2.36. The molecule has 2 aliphatic rings. The molecule has 2 rings (SSSR count). The van der Waals surface area contributed by atoms with Crippen LogP contribution in [0.4, 0.5) is 0 Å². The Labute approximate surface area is 128 Å². The molecule has 0 spiro atoms. The average molecular weight is 408 g/mol. The van der Waals surface area contributed by atoms with E-state index >= 15 is 0 Å². The fraction of sp³-hybridized carbons (Fsp3) is 1.00. The summed E-state index contributed by atoms with van der Waals surface area (Å²) in [6.07, 6.45) is -1.64. The summed E-state index contributed by atoms with van der Waals surface area (Å²) in [5.74, 6) is 0. The van der Waals surface area contributed by atoms with E-state index in [1.165, 1.54) is 9.21 Å². The van der Waals surface area contributed by atoms with Crippen LogP contribution in [0.25, 0.3) is 0 Å². The van der Waals surface area contributed by atoms with Crippen molar-refractivity contribution in [2.24, 2.45) is 0 Å². The first-order valence-electron chi connectivity index (χ1n) is 5.74. The molecule has 7 nitrogen and oxygen atoms in total. The van der Waals surface area contributed by atoms with Crippen molar-refractivity contribution < 1.29 is 32.6 Å². The van der Waals surface area contributed by atoms with E-state index in [9.17, 15) is 0 Å². The summed E-state index contributed by atoms with van der Waals surface area (Å²) in [6, 6.07) is 0. The fourth-order valence-corrected chi connectivity index (χ4v) is 3.19. The predicted molar refractivity (Wildman–Crippen MR) is 74.6 cm³/mol. The molecule has 0 aliphatic carbocycles. The van der Waals surface area contributed by atoms with Gasteiger partial charge in [-0.3, -0.25) is 4.18 Å². The van der Waals surface area contributed by atoms with Gasteiger partial charge in [0.1, 0.15) is 38.0 Å². The van der Waals surface area contributed by atoms with Gasteiger partial charge in [0.2, 0.25) is 0 Å². The van der Waals surface area contributed by atoms with Crippen LogP contribution in [0.5, 0.6) is 0 Å². The molecule has 0 radical (unpaired) electrons. The first kappa shape index (κ1) is 16.2. The summed E-state index contributed by atoms with van der Waals surface area (Å²) < 4.78 is 38.1. The minimum absolute atomic E-state index is 0.134. The van der Waals surface area contributed by atoms with Crippen LogP contribution in [0, 0.1) is 0 Å². The van der Waals surface area contributed by atoms with Gasteiger partial charge in [-0.1, -0.05) is 0 Å². The lowest BCUT2D eigenvalue weighted by molar-refractivity contribution is -0.273. The highest BCUT2D eigenvalue weighted by Gasteiger charge is 2.53. The summed E-state index contributed by atoms with van der Waals surface area (Å²) in [4.78, 5) is 0. The second-order valence-electron chi connectivity index (χ2n) is 4.08. The van der Waals surface area contributed by atoms with Crippen molar-refractivity contribution in [3.63, 3.8) is 0 Å². The lowest BCUT2D eigenvalue weighted by atomic mass is 10.0. The quantitative estimate of drug-likeness (QED) is 0.336. The Morgan fingerprint density at radius 3 is 2.42 bits per heavy atom. The molecular formula is C10H17IO7S. The van der Waals surface area contributed by atoms with Gasteiger partial charge in [0.15, 0.2) is 6.29 Å². The van der Waals surface area contributed by atoms with Crippen molar-refractivity contribution in [2.45, 2.75) is 30.7 Å². The van der Waals surface area contributed by atoms with E-state index in [1.807, 2.05) is 0 Å². The lowest BCUT2D eigenvalue weighted by Crippen LogP contribution is -2.56. The number of halogens is 1. The van der Waals surface area contributed by atoms with Crippen molar-refractivity contribution >= 4 is 30.4 Å².